The van der Waals surface area contributed by atoms with E-state index in [9.17, 15) is 4.79 Å². The molecule has 11 heavy (non-hydrogen) atoms. The number of rotatable bonds is 2. The molecule has 1 fully saturated rings. The van der Waals surface area contributed by atoms with Crippen LogP contribution in [0, 0.1) is 0 Å². The first-order valence-corrected chi connectivity index (χ1v) is 3.99. The summed E-state index contributed by atoms with van der Waals surface area (Å²) in [5, 5.41) is 0. The average molecular weight is 158 g/mol. The Morgan fingerprint density at radius 2 is 2.55 bits per heavy atom. The molecular weight excluding hydrogens is 144 g/mol. The molecule has 1 aliphatic rings. The van der Waals surface area contributed by atoms with Crippen LogP contribution in [0.2, 0.25) is 0 Å². The standard InChI is InChI=1S/C7H14N2O2/c1-2-11-7(10)6-4-3-5-8-9-6/h6,8-9H,2-5H2,1H3/t6-/m0/s1. The van der Waals surface area contributed by atoms with Crippen molar-refractivity contribution in [3.8, 4) is 0 Å². The van der Waals surface area contributed by atoms with Gasteiger partial charge in [-0.25, -0.2) is 5.43 Å². The van der Waals surface area contributed by atoms with E-state index < -0.39 is 0 Å². The van der Waals surface area contributed by atoms with Crippen LogP contribution in [0.4, 0.5) is 0 Å². The molecular formula is C7H14N2O2. The van der Waals surface area contributed by atoms with E-state index in [2.05, 4.69) is 10.9 Å². The van der Waals surface area contributed by atoms with Gasteiger partial charge >= 0.3 is 5.97 Å². The fourth-order valence-corrected chi connectivity index (χ4v) is 1.08. The van der Waals surface area contributed by atoms with Gasteiger partial charge in [-0.15, -0.1) is 0 Å². The van der Waals surface area contributed by atoms with Gasteiger partial charge in [0.25, 0.3) is 0 Å². The zero-order valence-electron chi connectivity index (χ0n) is 6.72. The minimum absolute atomic E-state index is 0.149. The summed E-state index contributed by atoms with van der Waals surface area (Å²) in [6.45, 7) is 3.20. The summed E-state index contributed by atoms with van der Waals surface area (Å²) in [6.07, 6.45) is 1.89. The second-order valence-electron chi connectivity index (χ2n) is 2.52. The lowest BCUT2D eigenvalue weighted by molar-refractivity contribution is -0.146. The van der Waals surface area contributed by atoms with E-state index >= 15 is 0 Å². The number of nitrogens with one attached hydrogen (secondary N) is 2. The predicted molar refractivity (Wildman–Crippen MR) is 40.8 cm³/mol. The first kappa shape index (κ1) is 8.49. The van der Waals surface area contributed by atoms with Crippen LogP contribution < -0.4 is 10.9 Å². The summed E-state index contributed by atoms with van der Waals surface area (Å²) in [7, 11) is 0. The minimum Gasteiger partial charge on any atom is -0.465 e. The molecule has 0 aliphatic carbocycles. The van der Waals surface area contributed by atoms with Crippen molar-refractivity contribution >= 4 is 5.97 Å². The van der Waals surface area contributed by atoms with Crippen LogP contribution in [0.15, 0.2) is 0 Å². The topological polar surface area (TPSA) is 50.4 Å². The van der Waals surface area contributed by atoms with Gasteiger partial charge in [-0.3, -0.25) is 10.2 Å². The molecule has 0 aromatic heterocycles. The minimum atomic E-state index is -0.153. The maximum Gasteiger partial charge on any atom is 0.324 e. The number of esters is 1. The normalized spacial score (nSPS) is 24.6. The predicted octanol–water partition coefficient (Wildman–Crippen LogP) is -0.194. The smallest absolute Gasteiger partial charge is 0.324 e. The van der Waals surface area contributed by atoms with Gasteiger partial charge in [-0.2, -0.15) is 0 Å². The Balaban J connectivity index is 2.27. The molecule has 4 nitrogen and oxygen atoms in total. The highest BCUT2D eigenvalue weighted by atomic mass is 16.5. The highest BCUT2D eigenvalue weighted by Gasteiger charge is 2.20. The zero-order chi connectivity index (χ0) is 8.10. The van der Waals surface area contributed by atoms with Crippen molar-refractivity contribution in [2.45, 2.75) is 25.8 Å². The van der Waals surface area contributed by atoms with E-state index in [1.165, 1.54) is 0 Å². The maximum atomic E-state index is 11.1. The molecule has 0 spiro atoms. The van der Waals surface area contributed by atoms with E-state index in [4.69, 9.17) is 4.74 Å². The zero-order valence-corrected chi connectivity index (χ0v) is 6.72. The lowest BCUT2D eigenvalue weighted by atomic mass is 10.1. The third-order valence-corrected chi connectivity index (χ3v) is 1.64. The number of carbonyl (C=O) groups is 1. The number of hydrazine groups is 1. The molecule has 2 N–H and O–H groups in total. The van der Waals surface area contributed by atoms with E-state index in [1.54, 1.807) is 0 Å². The highest BCUT2D eigenvalue weighted by molar-refractivity contribution is 5.75. The second kappa shape index (κ2) is 4.31. The molecule has 1 aliphatic heterocycles. The summed E-state index contributed by atoms with van der Waals surface area (Å²) < 4.78 is 4.84. The Hall–Kier alpha value is -0.610. The molecule has 0 radical (unpaired) electrons. The van der Waals surface area contributed by atoms with Crippen LogP contribution in [-0.2, 0) is 9.53 Å². The third-order valence-electron chi connectivity index (χ3n) is 1.64. The lowest BCUT2D eigenvalue weighted by Crippen LogP contribution is -2.50. The Morgan fingerprint density at radius 1 is 1.73 bits per heavy atom. The molecule has 1 atom stereocenters. The monoisotopic (exact) mass is 158 g/mol. The first-order valence-electron chi connectivity index (χ1n) is 3.99. The van der Waals surface area contributed by atoms with Crippen molar-refractivity contribution < 1.29 is 9.53 Å². The van der Waals surface area contributed by atoms with Crippen LogP contribution in [0.3, 0.4) is 0 Å². The van der Waals surface area contributed by atoms with E-state index in [1.807, 2.05) is 6.92 Å². The van der Waals surface area contributed by atoms with Gasteiger partial charge in [0.15, 0.2) is 0 Å². The van der Waals surface area contributed by atoms with Crippen molar-refractivity contribution in [3.05, 3.63) is 0 Å². The van der Waals surface area contributed by atoms with Crippen molar-refractivity contribution in [2.75, 3.05) is 13.2 Å². The summed E-state index contributed by atoms with van der Waals surface area (Å²) in [5.41, 5.74) is 5.80. The van der Waals surface area contributed by atoms with Gasteiger partial charge in [-0.1, -0.05) is 0 Å². The fraction of sp³-hybridized carbons (Fsp3) is 0.857. The fourth-order valence-electron chi connectivity index (χ4n) is 1.08. The summed E-state index contributed by atoms with van der Waals surface area (Å²) >= 11 is 0. The van der Waals surface area contributed by atoms with Crippen molar-refractivity contribution in [1.82, 2.24) is 10.9 Å². The first-order chi connectivity index (χ1) is 5.34. The second-order valence-corrected chi connectivity index (χ2v) is 2.52. The Labute approximate surface area is 66.3 Å². The van der Waals surface area contributed by atoms with Gasteiger partial charge in [0.1, 0.15) is 6.04 Å². The number of carbonyl (C=O) groups excluding carboxylic acids is 1. The third kappa shape index (κ3) is 2.48. The average Bonchev–Trinajstić information content (AvgIpc) is 2.07. The summed E-state index contributed by atoms with van der Waals surface area (Å²) in [4.78, 5) is 11.1. The van der Waals surface area contributed by atoms with Crippen LogP contribution >= 0.6 is 0 Å². The van der Waals surface area contributed by atoms with Crippen LogP contribution in [-0.4, -0.2) is 25.2 Å². The molecule has 0 bridgehead atoms. The van der Waals surface area contributed by atoms with Crippen LogP contribution in [0.5, 0.6) is 0 Å². The van der Waals surface area contributed by atoms with Gasteiger partial charge in [-0.05, 0) is 19.8 Å². The maximum absolute atomic E-state index is 11.1. The van der Waals surface area contributed by atoms with Gasteiger partial charge in [0, 0.05) is 6.54 Å². The number of ether oxygens (including phenoxy) is 1. The lowest BCUT2D eigenvalue weighted by Gasteiger charge is -2.22. The van der Waals surface area contributed by atoms with E-state index in [-0.39, 0.29) is 12.0 Å². The summed E-state index contributed by atoms with van der Waals surface area (Å²) in [6, 6.07) is -0.149. The molecule has 64 valence electrons. The Kier molecular flexibility index (Phi) is 3.32. The Bertz CT molecular complexity index is 132. The molecule has 0 unspecified atom stereocenters. The quantitative estimate of drug-likeness (QED) is 0.547. The largest absolute Gasteiger partial charge is 0.465 e. The van der Waals surface area contributed by atoms with E-state index in [0.29, 0.717) is 6.61 Å². The molecule has 0 saturated carbocycles. The van der Waals surface area contributed by atoms with Crippen LogP contribution in [0.25, 0.3) is 0 Å². The summed E-state index contributed by atoms with van der Waals surface area (Å²) in [5.74, 6) is -0.153. The molecule has 0 aromatic carbocycles. The van der Waals surface area contributed by atoms with Gasteiger partial charge in [0.05, 0.1) is 6.61 Å². The van der Waals surface area contributed by atoms with E-state index in [0.717, 1.165) is 19.4 Å². The molecule has 1 heterocycles. The number of hydrogen-bond acceptors (Lipinski definition) is 4. The van der Waals surface area contributed by atoms with Crippen molar-refractivity contribution in [2.24, 2.45) is 0 Å². The highest BCUT2D eigenvalue weighted by Crippen LogP contribution is 2.01. The molecule has 0 amide bonds. The molecule has 1 saturated heterocycles. The molecule has 4 heteroatoms. The van der Waals surface area contributed by atoms with Gasteiger partial charge < -0.3 is 4.74 Å². The van der Waals surface area contributed by atoms with Crippen molar-refractivity contribution in [3.63, 3.8) is 0 Å². The molecule has 0 aromatic rings. The van der Waals surface area contributed by atoms with Gasteiger partial charge in [0.2, 0.25) is 0 Å². The Morgan fingerprint density at radius 3 is 3.09 bits per heavy atom. The number of hydrogen-bond donors (Lipinski definition) is 2. The molecule has 1 rings (SSSR count). The SMILES string of the molecule is CCOC(=O)[C@@H]1CCCNN1. The van der Waals surface area contributed by atoms with Crippen molar-refractivity contribution in [1.29, 1.82) is 0 Å². The van der Waals surface area contributed by atoms with Crippen LogP contribution in [0.1, 0.15) is 19.8 Å².